The molecule has 0 saturated heterocycles. The summed E-state index contributed by atoms with van der Waals surface area (Å²) in [6.07, 6.45) is 2.58. The molecule has 0 rings (SSSR count). The molecule has 10 heavy (non-hydrogen) atoms. The predicted octanol–water partition coefficient (Wildman–Crippen LogP) is 2.76. The molecule has 0 aliphatic carbocycles. The van der Waals surface area contributed by atoms with Gasteiger partial charge in [-0.3, -0.25) is 4.67 Å². The molecule has 2 heteroatoms. The van der Waals surface area contributed by atoms with E-state index in [9.17, 15) is 0 Å². The Bertz CT molecular complexity index is 67.7. The normalized spacial score (nSPS) is 11.4. The van der Waals surface area contributed by atoms with Crippen LogP contribution in [0.15, 0.2) is 0 Å². The molecule has 0 bridgehead atoms. The topological polar surface area (TPSA) is 3.24 Å². The molecule has 0 N–H and O–H groups in total. The van der Waals surface area contributed by atoms with E-state index in [2.05, 4.69) is 31.8 Å². The van der Waals surface area contributed by atoms with E-state index in [1.165, 1.54) is 25.9 Å². The summed E-state index contributed by atoms with van der Waals surface area (Å²) in [5.74, 6) is 0. The summed E-state index contributed by atoms with van der Waals surface area (Å²) in [6, 6.07) is 0. The Kier molecular flexibility index (Phi) is 6.36. The van der Waals surface area contributed by atoms with Crippen LogP contribution in [0.25, 0.3) is 0 Å². The summed E-state index contributed by atoms with van der Waals surface area (Å²) in [7, 11) is 0.158. The van der Waals surface area contributed by atoms with Crippen LogP contribution in [-0.4, -0.2) is 31.1 Å². The fourth-order valence-corrected chi connectivity index (χ4v) is 2.23. The molecule has 0 aromatic carbocycles. The molecule has 0 spiro atoms. The largest absolute Gasteiger partial charge is 0.282 e. The van der Waals surface area contributed by atoms with Crippen molar-refractivity contribution in [3.05, 3.63) is 0 Å². The van der Waals surface area contributed by atoms with Gasteiger partial charge in [-0.1, -0.05) is 13.8 Å². The molecule has 62 valence electrons. The van der Waals surface area contributed by atoms with Crippen LogP contribution in [-0.2, 0) is 0 Å². The van der Waals surface area contributed by atoms with Crippen LogP contribution in [0.2, 0.25) is 0 Å². The van der Waals surface area contributed by atoms with Crippen LogP contribution in [0.3, 0.4) is 0 Å². The van der Waals surface area contributed by atoms with Gasteiger partial charge in [0.15, 0.2) is 0 Å². The van der Waals surface area contributed by atoms with Gasteiger partial charge in [0.05, 0.1) is 0 Å². The van der Waals surface area contributed by atoms with Crippen molar-refractivity contribution >= 4 is 8.07 Å². The Balaban J connectivity index is 3.50. The van der Waals surface area contributed by atoms with E-state index >= 15 is 0 Å². The molecular formula is C8H20NP. The number of rotatable bonds is 5. The van der Waals surface area contributed by atoms with Gasteiger partial charge in [0.25, 0.3) is 0 Å². The van der Waals surface area contributed by atoms with Gasteiger partial charge < -0.3 is 0 Å². The monoisotopic (exact) mass is 161 g/mol. The first-order valence-electron chi connectivity index (χ1n) is 4.14. The van der Waals surface area contributed by atoms with E-state index in [-0.39, 0.29) is 8.07 Å². The van der Waals surface area contributed by atoms with Gasteiger partial charge in [-0.25, -0.2) is 0 Å². The van der Waals surface area contributed by atoms with Crippen molar-refractivity contribution in [3.8, 4) is 0 Å². The maximum absolute atomic E-state index is 2.59. The third-order valence-electron chi connectivity index (χ3n) is 1.53. The molecule has 0 aromatic heterocycles. The Labute approximate surface area is 66.6 Å². The molecule has 0 heterocycles. The molecule has 0 aliphatic heterocycles. The third kappa shape index (κ3) is 4.24. The molecule has 0 aliphatic rings. The van der Waals surface area contributed by atoms with Crippen LogP contribution >= 0.6 is 8.07 Å². The fourth-order valence-electron chi connectivity index (χ4n) is 1.03. The van der Waals surface area contributed by atoms with Crippen molar-refractivity contribution in [2.24, 2.45) is 0 Å². The molecule has 0 atom stereocenters. The zero-order valence-corrected chi connectivity index (χ0v) is 8.62. The van der Waals surface area contributed by atoms with E-state index in [0.29, 0.717) is 0 Å². The Morgan fingerprint density at radius 3 is 1.60 bits per heavy atom. The zero-order chi connectivity index (χ0) is 7.98. The quantitative estimate of drug-likeness (QED) is 0.560. The standard InChI is InChI=1S/C8H20NP/c1-5-7-9(8-6-2)10(3)4/h5-8H2,1-4H3. The van der Waals surface area contributed by atoms with E-state index < -0.39 is 0 Å². The molecule has 0 amide bonds. The highest BCUT2D eigenvalue weighted by molar-refractivity contribution is 7.53. The van der Waals surface area contributed by atoms with Gasteiger partial charge >= 0.3 is 0 Å². The number of nitrogens with zero attached hydrogens (tertiary/aromatic N) is 1. The van der Waals surface area contributed by atoms with E-state index in [1.807, 2.05) is 0 Å². The first-order chi connectivity index (χ1) is 4.72. The van der Waals surface area contributed by atoms with Crippen molar-refractivity contribution in [1.29, 1.82) is 0 Å². The summed E-state index contributed by atoms with van der Waals surface area (Å²) >= 11 is 0. The lowest BCUT2D eigenvalue weighted by Gasteiger charge is -2.24. The van der Waals surface area contributed by atoms with Gasteiger partial charge in [-0.05, 0) is 34.2 Å². The summed E-state index contributed by atoms with van der Waals surface area (Å²) < 4.78 is 2.59. The third-order valence-corrected chi connectivity index (χ3v) is 3.06. The lowest BCUT2D eigenvalue weighted by atomic mass is 10.4. The highest BCUT2D eigenvalue weighted by atomic mass is 31.1. The summed E-state index contributed by atoms with van der Waals surface area (Å²) in [5.41, 5.74) is 0. The van der Waals surface area contributed by atoms with Crippen molar-refractivity contribution < 1.29 is 0 Å². The van der Waals surface area contributed by atoms with Gasteiger partial charge in [0.2, 0.25) is 0 Å². The molecule has 0 saturated carbocycles. The Hall–Kier alpha value is 0.390. The van der Waals surface area contributed by atoms with Gasteiger partial charge in [0.1, 0.15) is 0 Å². The van der Waals surface area contributed by atoms with Crippen LogP contribution in [0, 0.1) is 0 Å². The van der Waals surface area contributed by atoms with Crippen molar-refractivity contribution in [1.82, 2.24) is 4.67 Å². The smallest absolute Gasteiger partial charge is 0.00181 e. The fraction of sp³-hybridized carbons (Fsp3) is 1.00. The highest BCUT2D eigenvalue weighted by Crippen LogP contribution is 2.30. The average Bonchev–Trinajstić information content (AvgIpc) is 1.87. The van der Waals surface area contributed by atoms with Gasteiger partial charge in [-0.15, -0.1) is 0 Å². The van der Waals surface area contributed by atoms with Crippen LogP contribution < -0.4 is 0 Å². The first kappa shape index (κ1) is 10.4. The molecule has 0 unspecified atom stereocenters. The molecule has 1 nitrogen and oxygen atoms in total. The molecule has 0 fully saturated rings. The summed E-state index contributed by atoms with van der Waals surface area (Å²) in [4.78, 5) is 0. The van der Waals surface area contributed by atoms with Crippen molar-refractivity contribution in [2.45, 2.75) is 26.7 Å². The Morgan fingerprint density at radius 2 is 1.40 bits per heavy atom. The minimum atomic E-state index is 0.158. The highest BCUT2D eigenvalue weighted by Gasteiger charge is 2.04. The Morgan fingerprint density at radius 1 is 1.00 bits per heavy atom. The van der Waals surface area contributed by atoms with Crippen molar-refractivity contribution in [2.75, 3.05) is 26.4 Å². The lowest BCUT2D eigenvalue weighted by molar-refractivity contribution is 0.455. The van der Waals surface area contributed by atoms with E-state index in [0.717, 1.165) is 0 Å². The minimum Gasteiger partial charge on any atom is -0.282 e. The summed E-state index contributed by atoms with van der Waals surface area (Å²) in [6.45, 7) is 11.7. The molecular weight excluding hydrogens is 141 g/mol. The number of hydrogen-bond acceptors (Lipinski definition) is 1. The SMILES string of the molecule is CCCN(CCC)P(C)C. The predicted molar refractivity (Wildman–Crippen MR) is 50.9 cm³/mol. The van der Waals surface area contributed by atoms with Gasteiger partial charge in [0, 0.05) is 13.1 Å². The molecule has 0 radical (unpaired) electrons. The average molecular weight is 161 g/mol. The maximum atomic E-state index is 2.59. The lowest BCUT2D eigenvalue weighted by Crippen LogP contribution is -2.18. The van der Waals surface area contributed by atoms with Crippen LogP contribution in [0.5, 0.6) is 0 Å². The van der Waals surface area contributed by atoms with Crippen LogP contribution in [0.4, 0.5) is 0 Å². The maximum Gasteiger partial charge on any atom is 0.00181 e. The number of hydrogen-bond donors (Lipinski definition) is 0. The minimum absolute atomic E-state index is 0.158. The molecule has 0 aromatic rings. The van der Waals surface area contributed by atoms with Crippen molar-refractivity contribution in [3.63, 3.8) is 0 Å². The van der Waals surface area contributed by atoms with E-state index in [4.69, 9.17) is 0 Å². The second-order valence-corrected chi connectivity index (χ2v) is 5.06. The summed E-state index contributed by atoms with van der Waals surface area (Å²) in [5, 5.41) is 0. The second-order valence-electron chi connectivity index (χ2n) is 2.80. The van der Waals surface area contributed by atoms with E-state index in [1.54, 1.807) is 0 Å². The van der Waals surface area contributed by atoms with Gasteiger partial charge in [-0.2, -0.15) is 0 Å². The zero-order valence-electron chi connectivity index (χ0n) is 7.72. The van der Waals surface area contributed by atoms with Crippen LogP contribution in [0.1, 0.15) is 26.7 Å². The first-order valence-corrected chi connectivity index (χ1v) is 6.33. The second kappa shape index (κ2) is 6.12.